The summed E-state index contributed by atoms with van der Waals surface area (Å²) in [5.41, 5.74) is -0.815. The summed E-state index contributed by atoms with van der Waals surface area (Å²) in [6, 6.07) is 4.82. The number of pyridine rings is 1. The Labute approximate surface area is 222 Å². The average Bonchev–Trinajstić information content (AvgIpc) is 3.75. The zero-order valence-electron chi connectivity index (χ0n) is 19.9. The Kier molecular flexibility index (Phi) is 6.48. The molecule has 2 aromatic rings. The molecule has 1 spiro atoms. The zero-order chi connectivity index (χ0) is 27.4. The number of nitrogens with zero attached hydrogens (tertiary/aromatic N) is 2. The van der Waals surface area contributed by atoms with Crippen LogP contribution in [0.4, 0.5) is 24.5 Å². The highest BCUT2D eigenvalue weighted by Gasteiger charge is 2.56. The molecule has 0 radical (unpaired) electrons. The van der Waals surface area contributed by atoms with Gasteiger partial charge in [0.25, 0.3) is 17.5 Å². The molecule has 2 amide bonds. The number of aromatic amines is 1. The number of hydrogen-bond donors (Lipinski definition) is 3. The molecule has 2 saturated carbocycles. The smallest absolute Gasteiger partial charge is 0.374 e. The summed E-state index contributed by atoms with van der Waals surface area (Å²) >= 11 is 3.09. The third kappa shape index (κ3) is 5.40. The number of carbonyl (C=O) groups excluding carboxylic acids is 2. The van der Waals surface area contributed by atoms with Gasteiger partial charge in [0.05, 0.1) is 16.5 Å². The summed E-state index contributed by atoms with van der Waals surface area (Å²) in [7, 11) is 0. The van der Waals surface area contributed by atoms with E-state index in [2.05, 4.69) is 26.2 Å². The molecular weight excluding hydrogens is 575 g/mol. The number of nitrogens with one attached hydrogen (secondary N) is 3. The SMILES string of the molecule is O=C(NCC(F)(F)F)c1cc(Br)cc([N+](=O)[O-])c1N[C@H]1CN(C(=O)c2cc(C3CC3)[nH]c(=O)c2)CC12CC2. The number of halogens is 4. The maximum absolute atomic E-state index is 13.3. The minimum absolute atomic E-state index is 0.140. The summed E-state index contributed by atoms with van der Waals surface area (Å²) < 4.78 is 38.3. The molecule has 3 N–H and O–H groups in total. The van der Waals surface area contributed by atoms with Crippen LogP contribution in [0.15, 0.2) is 33.5 Å². The molecule has 3 aliphatic rings. The van der Waals surface area contributed by atoms with Gasteiger partial charge < -0.3 is 20.5 Å². The van der Waals surface area contributed by atoms with Crippen molar-refractivity contribution < 1.29 is 27.7 Å². The van der Waals surface area contributed by atoms with Gasteiger partial charge in [-0.3, -0.25) is 24.5 Å². The standard InChI is InChI=1S/C24H23BrF3N5O5/c25-14-7-15(21(35)29-10-24(26,27)28)20(17(8-14)33(37)38)31-18-9-32(11-23(18)3-4-23)22(36)13-5-16(12-1-2-12)30-19(34)6-13/h5-8,12,18,31H,1-4,9-11H2,(H,29,35)(H,30,34)/t18-/m0/s1. The van der Waals surface area contributed by atoms with Crippen LogP contribution in [0.3, 0.4) is 0 Å². The van der Waals surface area contributed by atoms with Gasteiger partial charge in [-0.2, -0.15) is 13.2 Å². The summed E-state index contributed by atoms with van der Waals surface area (Å²) in [5.74, 6) is -1.23. The fraction of sp³-hybridized carbons (Fsp3) is 0.458. The van der Waals surface area contributed by atoms with Gasteiger partial charge in [0.2, 0.25) is 5.56 Å². The quantitative estimate of drug-likeness (QED) is 0.326. The van der Waals surface area contributed by atoms with Gasteiger partial charge in [-0.1, -0.05) is 15.9 Å². The lowest BCUT2D eigenvalue weighted by Gasteiger charge is -2.22. The van der Waals surface area contributed by atoms with Crippen LogP contribution in [0, 0.1) is 15.5 Å². The van der Waals surface area contributed by atoms with Gasteiger partial charge in [0.15, 0.2) is 0 Å². The van der Waals surface area contributed by atoms with E-state index in [0.717, 1.165) is 37.4 Å². The number of hydrogen-bond acceptors (Lipinski definition) is 6. The van der Waals surface area contributed by atoms with Crippen LogP contribution in [0.25, 0.3) is 0 Å². The Balaban J connectivity index is 1.42. The van der Waals surface area contributed by atoms with Crippen LogP contribution in [0.5, 0.6) is 0 Å². The molecule has 202 valence electrons. The minimum Gasteiger partial charge on any atom is -0.374 e. The van der Waals surface area contributed by atoms with E-state index >= 15 is 0 Å². The van der Waals surface area contributed by atoms with Crippen molar-refractivity contribution >= 4 is 39.1 Å². The monoisotopic (exact) mass is 597 g/mol. The Bertz CT molecular complexity index is 1390. The highest BCUT2D eigenvalue weighted by Crippen LogP contribution is 2.54. The van der Waals surface area contributed by atoms with Gasteiger partial charge in [-0.15, -0.1) is 0 Å². The van der Waals surface area contributed by atoms with Crippen LogP contribution in [0.1, 0.15) is 58.0 Å². The molecule has 2 aliphatic carbocycles. The Morgan fingerprint density at radius 1 is 1.21 bits per heavy atom. The fourth-order valence-electron chi connectivity index (χ4n) is 4.99. The maximum Gasteiger partial charge on any atom is 0.405 e. The van der Waals surface area contributed by atoms with Crippen molar-refractivity contribution in [1.29, 1.82) is 0 Å². The number of likely N-dealkylation sites (tertiary alicyclic amines) is 1. The van der Waals surface area contributed by atoms with Crippen molar-refractivity contribution in [2.24, 2.45) is 5.41 Å². The highest BCUT2D eigenvalue weighted by atomic mass is 79.9. The van der Waals surface area contributed by atoms with Crippen molar-refractivity contribution in [2.75, 3.05) is 25.0 Å². The second-order valence-electron chi connectivity index (χ2n) is 10.1. The van der Waals surface area contributed by atoms with E-state index in [1.165, 1.54) is 12.1 Å². The molecule has 1 saturated heterocycles. The predicted octanol–water partition coefficient (Wildman–Crippen LogP) is 3.93. The van der Waals surface area contributed by atoms with E-state index in [1.807, 2.05) is 0 Å². The van der Waals surface area contributed by atoms with Gasteiger partial charge in [0, 0.05) is 46.4 Å². The number of amides is 2. The molecule has 1 aromatic carbocycles. The van der Waals surface area contributed by atoms with Crippen molar-refractivity contribution in [3.63, 3.8) is 0 Å². The van der Waals surface area contributed by atoms with Crippen LogP contribution >= 0.6 is 15.9 Å². The fourth-order valence-corrected chi connectivity index (χ4v) is 5.44. The van der Waals surface area contributed by atoms with E-state index < -0.39 is 40.7 Å². The lowest BCUT2D eigenvalue weighted by atomic mass is 9.99. The van der Waals surface area contributed by atoms with E-state index in [9.17, 15) is 37.7 Å². The molecular formula is C24H23BrF3N5O5. The largest absolute Gasteiger partial charge is 0.405 e. The molecule has 2 heterocycles. The number of H-pyrrole nitrogens is 1. The molecule has 0 bridgehead atoms. The summed E-state index contributed by atoms with van der Waals surface area (Å²) in [6.45, 7) is -1.11. The molecule has 3 fully saturated rings. The Hall–Kier alpha value is -3.42. The van der Waals surface area contributed by atoms with E-state index in [0.29, 0.717) is 6.54 Å². The molecule has 38 heavy (non-hydrogen) atoms. The second-order valence-corrected chi connectivity index (χ2v) is 11.0. The first-order valence-corrected chi connectivity index (χ1v) is 12.8. The summed E-state index contributed by atoms with van der Waals surface area (Å²) in [5, 5.41) is 16.6. The molecule has 10 nitrogen and oxygen atoms in total. The number of alkyl halides is 3. The van der Waals surface area contributed by atoms with Gasteiger partial charge >= 0.3 is 6.18 Å². The van der Waals surface area contributed by atoms with Crippen molar-refractivity contribution in [1.82, 2.24) is 15.2 Å². The van der Waals surface area contributed by atoms with Crippen LogP contribution in [0.2, 0.25) is 0 Å². The van der Waals surface area contributed by atoms with Gasteiger partial charge in [-0.25, -0.2) is 0 Å². The first kappa shape index (κ1) is 26.2. The third-order valence-corrected chi connectivity index (χ3v) is 7.71. The number of rotatable bonds is 7. The maximum atomic E-state index is 13.3. The molecule has 1 aromatic heterocycles. The van der Waals surface area contributed by atoms with Gasteiger partial charge in [-0.05, 0) is 43.7 Å². The van der Waals surface area contributed by atoms with Crippen LogP contribution < -0.4 is 16.2 Å². The molecule has 0 unspecified atom stereocenters. The predicted molar refractivity (Wildman–Crippen MR) is 133 cm³/mol. The van der Waals surface area contributed by atoms with Crippen molar-refractivity contribution in [2.45, 2.75) is 43.8 Å². The van der Waals surface area contributed by atoms with Crippen LogP contribution in [-0.4, -0.2) is 58.5 Å². The second kappa shape index (κ2) is 9.40. The Morgan fingerprint density at radius 3 is 2.53 bits per heavy atom. The first-order chi connectivity index (χ1) is 17.8. The lowest BCUT2D eigenvalue weighted by molar-refractivity contribution is -0.384. The third-order valence-electron chi connectivity index (χ3n) is 7.25. The lowest BCUT2D eigenvalue weighted by Crippen LogP contribution is -2.36. The number of anilines is 1. The highest BCUT2D eigenvalue weighted by molar-refractivity contribution is 9.10. The number of nitro benzene ring substituents is 1. The zero-order valence-corrected chi connectivity index (χ0v) is 21.4. The number of aromatic nitrogens is 1. The summed E-state index contributed by atoms with van der Waals surface area (Å²) in [6.07, 6.45) is -1.34. The van der Waals surface area contributed by atoms with Crippen molar-refractivity contribution in [3.05, 3.63) is 66.0 Å². The molecule has 14 heteroatoms. The summed E-state index contributed by atoms with van der Waals surface area (Å²) in [4.78, 5) is 53.6. The van der Waals surface area contributed by atoms with E-state index in [4.69, 9.17) is 0 Å². The topological polar surface area (TPSA) is 137 Å². The van der Waals surface area contributed by atoms with E-state index in [-0.39, 0.29) is 45.2 Å². The average molecular weight is 598 g/mol. The minimum atomic E-state index is -4.66. The van der Waals surface area contributed by atoms with Crippen LogP contribution in [-0.2, 0) is 0 Å². The molecule has 1 aliphatic heterocycles. The van der Waals surface area contributed by atoms with Gasteiger partial charge in [0.1, 0.15) is 12.2 Å². The number of nitro groups is 1. The molecule has 1 atom stereocenters. The van der Waals surface area contributed by atoms with Crippen molar-refractivity contribution in [3.8, 4) is 0 Å². The Morgan fingerprint density at radius 2 is 1.92 bits per heavy atom. The normalized spacial score (nSPS) is 19.9. The number of benzene rings is 1. The van der Waals surface area contributed by atoms with E-state index in [1.54, 1.807) is 16.3 Å². The number of carbonyl (C=O) groups is 2. The first-order valence-electron chi connectivity index (χ1n) is 12.0. The molecule has 5 rings (SSSR count).